The number of ketones is 1. The molecule has 0 atom stereocenters. The molecule has 13 heteroatoms. The molecule has 0 spiro atoms. The summed E-state index contributed by atoms with van der Waals surface area (Å²) in [6.45, 7) is 3.39. The zero-order valence-corrected chi connectivity index (χ0v) is 32.1. The molecule has 3 N–H and O–H groups in total. The summed E-state index contributed by atoms with van der Waals surface area (Å²) in [5.41, 5.74) is 4.92. The maximum absolute atomic E-state index is 12.8. The Morgan fingerprint density at radius 2 is 1.07 bits per heavy atom. The normalized spacial score (nSPS) is 9.63. The molecular weight excluding hydrogens is 970 g/mol. The molecule has 0 saturated heterocycles. The Kier molecular flexibility index (Phi) is 19.2. The number of nitrogens with one attached hydrogen (secondary N) is 3. The van der Waals surface area contributed by atoms with E-state index < -0.39 is 10.5 Å². The summed E-state index contributed by atoms with van der Waals surface area (Å²) in [5.74, 6) is -0.667. The van der Waals surface area contributed by atoms with Crippen LogP contribution in [0.4, 0.5) is 17.1 Å². The number of hydrogen-bond donors (Lipinski definition) is 3. The SMILES string of the molecule is C.CNc1cc(NC(=O)c2ccc(C(C)=O)cc2)cc(C(=O)Nc2ccccc2C)c1.I[I-]I.O=C(Cl)c1ccc(C(=O)Cl)cc1. The van der Waals surface area contributed by atoms with Gasteiger partial charge in [-0.25, -0.2) is 0 Å². The van der Waals surface area contributed by atoms with Crippen LogP contribution in [0.3, 0.4) is 0 Å². The van der Waals surface area contributed by atoms with Crippen LogP contribution in [0.15, 0.2) is 91.0 Å². The average Bonchev–Trinajstić information content (AvgIpc) is 3.02. The van der Waals surface area contributed by atoms with Crippen molar-refractivity contribution in [2.24, 2.45) is 0 Å². The molecule has 244 valence electrons. The number of anilines is 3. The summed E-state index contributed by atoms with van der Waals surface area (Å²) < 4.78 is 0. The third-order valence-corrected chi connectivity index (χ3v) is 6.46. The third kappa shape index (κ3) is 13.6. The summed E-state index contributed by atoms with van der Waals surface area (Å²) in [4.78, 5) is 57.9. The minimum Gasteiger partial charge on any atom is -0.276 e. The van der Waals surface area contributed by atoms with Crippen molar-refractivity contribution in [3.63, 3.8) is 0 Å². The molecule has 4 aromatic rings. The van der Waals surface area contributed by atoms with Crippen LogP contribution >= 0.6 is 60.4 Å². The molecule has 0 aromatic heterocycles. The second kappa shape index (κ2) is 21.3. The molecule has 0 bridgehead atoms. The van der Waals surface area contributed by atoms with Gasteiger partial charge in [0.1, 0.15) is 0 Å². The first-order chi connectivity index (χ1) is 21.4. The first-order valence-electron chi connectivity index (χ1n) is 12.9. The van der Waals surface area contributed by atoms with Crippen molar-refractivity contribution < 1.29 is 37.2 Å². The number of benzene rings is 4. The fraction of sp³-hybridized carbons (Fsp3) is 0.121. The fourth-order valence-corrected chi connectivity index (χ4v) is 3.93. The predicted octanol–water partition coefficient (Wildman–Crippen LogP) is 6.60. The zero-order valence-electron chi connectivity index (χ0n) is 24.1. The van der Waals surface area contributed by atoms with Gasteiger partial charge in [0, 0.05) is 51.9 Å². The second-order valence-electron chi connectivity index (χ2n) is 9.08. The van der Waals surface area contributed by atoms with Crippen LogP contribution < -0.4 is 29.2 Å². The summed E-state index contributed by atoms with van der Waals surface area (Å²) >= 11 is 15.7. The van der Waals surface area contributed by atoms with Crippen molar-refractivity contribution >= 4 is 106 Å². The number of carbonyl (C=O) groups excluding carboxylic acids is 5. The number of Topliss-reactive ketones (excluding diaryl/α,β-unsaturated/α-hetero) is 1. The number of hydrogen-bond acceptors (Lipinski definition) is 6. The van der Waals surface area contributed by atoms with Gasteiger partial charge in [-0.2, -0.15) is 0 Å². The number of rotatable bonds is 8. The number of amides is 2. The zero-order chi connectivity index (χ0) is 33.5. The van der Waals surface area contributed by atoms with Gasteiger partial charge in [-0.1, -0.05) is 37.8 Å². The molecular formula is C33H31Cl2I3N3O5-. The van der Waals surface area contributed by atoms with E-state index in [0.717, 1.165) is 11.3 Å². The predicted molar refractivity (Wildman–Crippen MR) is 201 cm³/mol. The van der Waals surface area contributed by atoms with Gasteiger partial charge in [0.05, 0.1) is 0 Å². The van der Waals surface area contributed by atoms with E-state index in [1.807, 2.05) is 31.2 Å². The van der Waals surface area contributed by atoms with E-state index in [2.05, 4.69) is 53.2 Å². The third-order valence-electron chi connectivity index (χ3n) is 6.03. The molecule has 2 amide bonds. The Morgan fingerprint density at radius 3 is 1.52 bits per heavy atom. The molecule has 0 aliphatic carbocycles. The Bertz CT molecular complexity index is 1640. The van der Waals surface area contributed by atoms with Gasteiger partial charge >= 0.3 is 50.5 Å². The average molecular weight is 1000 g/mol. The van der Waals surface area contributed by atoms with E-state index in [1.54, 1.807) is 49.5 Å². The van der Waals surface area contributed by atoms with Gasteiger partial charge in [-0.05, 0) is 103 Å². The number of para-hydroxylation sites is 1. The van der Waals surface area contributed by atoms with E-state index in [1.165, 1.54) is 31.2 Å². The van der Waals surface area contributed by atoms with Gasteiger partial charge in [-0.3, -0.25) is 24.0 Å². The van der Waals surface area contributed by atoms with Gasteiger partial charge in [0.25, 0.3) is 22.3 Å². The molecule has 0 aliphatic heterocycles. The molecule has 8 nitrogen and oxygen atoms in total. The minimum atomic E-state index is -0.552. The van der Waals surface area contributed by atoms with Crippen LogP contribution in [0.5, 0.6) is 0 Å². The standard InChI is InChI=1S/C24H23N3O3.C8H4Cl2O2.CH4.I3/c1-15-6-4-5-7-22(15)27-24(30)19-12-20(25-3)14-21(13-19)26-23(29)18-10-8-17(9-11-18)16(2)28;9-7(11)5-1-2-6(4-3-5)8(10)12;;1-3-2/h4-14,25H,1-3H3,(H,26,29)(H,27,30);1-4H;1H4;/q;;;-1. The van der Waals surface area contributed by atoms with Crippen molar-refractivity contribution in [3.05, 3.63) is 124 Å². The van der Waals surface area contributed by atoms with E-state index in [0.29, 0.717) is 52.4 Å². The van der Waals surface area contributed by atoms with Crippen molar-refractivity contribution in [1.82, 2.24) is 0 Å². The van der Waals surface area contributed by atoms with Crippen LogP contribution in [-0.2, 0) is 0 Å². The van der Waals surface area contributed by atoms with Gasteiger partial charge in [-0.15, -0.1) is 0 Å². The largest absolute Gasteiger partial charge is 0.276 e. The van der Waals surface area contributed by atoms with E-state index in [4.69, 9.17) is 23.2 Å². The topological polar surface area (TPSA) is 121 Å². The second-order valence-corrected chi connectivity index (χ2v) is 26.0. The van der Waals surface area contributed by atoms with Crippen LogP contribution in [0.2, 0.25) is 0 Å². The molecule has 4 aromatic carbocycles. The first-order valence-corrected chi connectivity index (χ1v) is 26.2. The van der Waals surface area contributed by atoms with Gasteiger partial charge < -0.3 is 16.0 Å². The Labute approximate surface area is 308 Å². The first kappa shape index (κ1) is 41.4. The van der Waals surface area contributed by atoms with Crippen LogP contribution in [0.1, 0.15) is 71.7 Å². The minimum absolute atomic E-state index is 0. The summed E-state index contributed by atoms with van der Waals surface area (Å²) in [6.07, 6.45) is 0. The summed E-state index contributed by atoms with van der Waals surface area (Å²) in [5, 5.41) is 7.60. The Hall–Kier alpha value is -2.60. The number of halogens is 5. The molecule has 0 fully saturated rings. The molecule has 46 heavy (non-hydrogen) atoms. The van der Waals surface area contributed by atoms with Crippen molar-refractivity contribution in [1.29, 1.82) is 0 Å². The number of carbonyl (C=O) groups is 5. The van der Waals surface area contributed by atoms with E-state index in [-0.39, 0.29) is 25.0 Å². The van der Waals surface area contributed by atoms with Crippen molar-refractivity contribution in [2.45, 2.75) is 21.3 Å². The Balaban J connectivity index is 0.000000552. The van der Waals surface area contributed by atoms with E-state index in [9.17, 15) is 24.0 Å². The van der Waals surface area contributed by atoms with E-state index >= 15 is 0 Å². The molecule has 0 aliphatic rings. The smallest absolute Gasteiger partial charge is 0.252 e. The molecule has 4 rings (SSSR count). The molecule has 0 heterocycles. The van der Waals surface area contributed by atoms with Crippen LogP contribution in [0, 0.1) is 6.92 Å². The fourth-order valence-electron chi connectivity index (χ4n) is 3.67. The maximum atomic E-state index is 12.8. The van der Waals surface area contributed by atoms with Gasteiger partial charge in [0.15, 0.2) is 5.78 Å². The van der Waals surface area contributed by atoms with Crippen molar-refractivity contribution in [3.8, 4) is 0 Å². The maximum Gasteiger partial charge on any atom is 0.252 e. The molecule has 0 saturated carbocycles. The quantitative estimate of drug-likeness (QED) is 0.104. The molecule has 0 radical (unpaired) electrons. The van der Waals surface area contributed by atoms with Crippen molar-refractivity contribution in [2.75, 3.05) is 23.0 Å². The van der Waals surface area contributed by atoms with Crippen LogP contribution in [-0.4, -0.2) is 35.1 Å². The number of aryl methyl sites for hydroxylation is 1. The monoisotopic (exact) mass is 1000 g/mol. The summed E-state index contributed by atoms with van der Waals surface area (Å²) in [7, 11) is 1.74. The Morgan fingerprint density at radius 1 is 0.630 bits per heavy atom. The van der Waals surface area contributed by atoms with Gasteiger partial charge in [0.2, 0.25) is 0 Å². The molecule has 0 unspecified atom stereocenters. The summed E-state index contributed by atoms with van der Waals surface area (Å²) in [6, 6.07) is 24.8. The van der Waals surface area contributed by atoms with Crippen LogP contribution in [0.25, 0.3) is 0 Å².